The Hall–Kier alpha value is -1.29. The van der Waals surface area contributed by atoms with Gasteiger partial charge in [0.1, 0.15) is 12.9 Å². The first-order valence-corrected chi connectivity index (χ1v) is 2.69. The van der Waals surface area contributed by atoms with Crippen LogP contribution in [0, 0.1) is 0 Å². The first-order chi connectivity index (χ1) is 4.80. The fraction of sp³-hybridized carbons (Fsp3) is 0.167. The molecule has 0 fully saturated rings. The Labute approximate surface area is 57.3 Å². The van der Waals surface area contributed by atoms with E-state index >= 15 is 0 Å². The van der Waals surface area contributed by atoms with E-state index in [0.29, 0.717) is 0 Å². The molecule has 0 aliphatic carbocycles. The molecule has 0 aromatic heterocycles. The molecule has 1 heterocycles. The van der Waals surface area contributed by atoms with Gasteiger partial charge in [0.05, 0.1) is 5.57 Å². The van der Waals surface area contributed by atoms with E-state index in [4.69, 9.17) is 5.11 Å². The zero-order chi connectivity index (χ0) is 7.40. The number of carbonyl (C=O) groups is 1. The SMILES string of the molecule is O=C(O)C1=COOCC=C1. The Kier molecular flexibility index (Phi) is 2.07. The molecule has 1 rings (SSSR count). The predicted molar refractivity (Wildman–Crippen MR) is 31.9 cm³/mol. The van der Waals surface area contributed by atoms with Crippen LogP contribution in [0.5, 0.6) is 0 Å². The van der Waals surface area contributed by atoms with Gasteiger partial charge in [-0.05, 0) is 6.08 Å². The van der Waals surface area contributed by atoms with Crippen molar-refractivity contribution >= 4 is 5.97 Å². The van der Waals surface area contributed by atoms with Crippen molar-refractivity contribution in [1.82, 2.24) is 0 Å². The summed E-state index contributed by atoms with van der Waals surface area (Å²) in [5.41, 5.74) is 0.0810. The Bertz CT molecular complexity index is 192. The molecule has 1 N–H and O–H groups in total. The number of aliphatic carboxylic acids is 1. The summed E-state index contributed by atoms with van der Waals surface area (Å²) in [7, 11) is 0. The van der Waals surface area contributed by atoms with Crippen LogP contribution in [0.15, 0.2) is 24.0 Å². The fourth-order valence-electron chi connectivity index (χ4n) is 0.500. The molecule has 0 radical (unpaired) electrons. The maximum absolute atomic E-state index is 10.3. The van der Waals surface area contributed by atoms with Gasteiger partial charge in [-0.25, -0.2) is 4.79 Å². The first kappa shape index (κ1) is 6.82. The molecule has 1 aliphatic rings. The highest BCUT2D eigenvalue weighted by molar-refractivity contribution is 5.89. The molecule has 1 aliphatic heterocycles. The summed E-state index contributed by atoms with van der Waals surface area (Å²) in [5, 5.41) is 8.41. The van der Waals surface area contributed by atoms with E-state index in [1.807, 2.05) is 0 Å². The van der Waals surface area contributed by atoms with Gasteiger partial charge in [0.2, 0.25) is 0 Å². The summed E-state index contributed by atoms with van der Waals surface area (Å²) in [5.74, 6) is -1.03. The lowest BCUT2D eigenvalue weighted by Gasteiger charge is -1.92. The van der Waals surface area contributed by atoms with E-state index in [0.717, 1.165) is 6.26 Å². The second kappa shape index (κ2) is 3.03. The van der Waals surface area contributed by atoms with Gasteiger partial charge in [0.15, 0.2) is 0 Å². The predicted octanol–water partition coefficient (Wildman–Crippen LogP) is 0.473. The first-order valence-electron chi connectivity index (χ1n) is 2.69. The molecule has 54 valence electrons. The highest BCUT2D eigenvalue weighted by atomic mass is 17.2. The summed E-state index contributed by atoms with van der Waals surface area (Å²) in [6.07, 6.45) is 4.04. The van der Waals surface area contributed by atoms with Crippen LogP contribution in [0.1, 0.15) is 0 Å². The lowest BCUT2D eigenvalue weighted by molar-refractivity contribution is -0.238. The molecule has 4 nitrogen and oxygen atoms in total. The molecule has 0 aromatic carbocycles. The van der Waals surface area contributed by atoms with E-state index in [2.05, 4.69) is 9.78 Å². The summed E-state index contributed by atoms with van der Waals surface area (Å²) < 4.78 is 0. The fourth-order valence-corrected chi connectivity index (χ4v) is 0.500. The molecule has 4 heteroatoms. The van der Waals surface area contributed by atoms with E-state index in [1.165, 1.54) is 6.08 Å². The normalized spacial score (nSPS) is 17.0. The Morgan fingerprint density at radius 1 is 1.70 bits per heavy atom. The third kappa shape index (κ3) is 1.60. The summed E-state index contributed by atoms with van der Waals surface area (Å²) in [6.45, 7) is 0.271. The average Bonchev–Trinajstić information content (AvgIpc) is 2.12. The van der Waals surface area contributed by atoms with Crippen LogP contribution in [0.2, 0.25) is 0 Å². The molecule has 0 aromatic rings. The van der Waals surface area contributed by atoms with Crippen molar-refractivity contribution in [2.75, 3.05) is 6.61 Å². The smallest absolute Gasteiger partial charge is 0.338 e. The zero-order valence-electron chi connectivity index (χ0n) is 5.11. The van der Waals surface area contributed by atoms with Crippen molar-refractivity contribution in [1.29, 1.82) is 0 Å². The minimum Gasteiger partial charge on any atom is -0.478 e. The van der Waals surface area contributed by atoms with Gasteiger partial charge in [-0.1, -0.05) is 6.08 Å². The maximum atomic E-state index is 10.3. The molecule has 0 atom stereocenters. The van der Waals surface area contributed by atoms with Crippen molar-refractivity contribution < 1.29 is 19.7 Å². The Morgan fingerprint density at radius 2 is 2.50 bits per heavy atom. The standard InChI is InChI=1S/C6H6O4/c7-6(8)5-2-1-3-9-10-4-5/h1-2,4H,3H2,(H,7,8). The quantitative estimate of drug-likeness (QED) is 0.541. The van der Waals surface area contributed by atoms with Gasteiger partial charge in [0.25, 0.3) is 0 Å². The van der Waals surface area contributed by atoms with E-state index < -0.39 is 5.97 Å². The Morgan fingerprint density at radius 3 is 3.20 bits per heavy atom. The molecular formula is C6H6O4. The van der Waals surface area contributed by atoms with Crippen LogP contribution < -0.4 is 0 Å². The largest absolute Gasteiger partial charge is 0.478 e. The highest BCUT2D eigenvalue weighted by Crippen LogP contribution is 2.01. The third-order valence-electron chi connectivity index (χ3n) is 0.952. The number of hydrogen-bond acceptors (Lipinski definition) is 3. The van der Waals surface area contributed by atoms with Gasteiger partial charge in [-0.3, -0.25) is 0 Å². The molecule has 10 heavy (non-hydrogen) atoms. The molecule has 0 amide bonds. The maximum Gasteiger partial charge on any atom is 0.338 e. The lowest BCUT2D eigenvalue weighted by Crippen LogP contribution is -1.96. The Balaban J connectivity index is 2.70. The van der Waals surface area contributed by atoms with Gasteiger partial charge >= 0.3 is 5.97 Å². The van der Waals surface area contributed by atoms with Crippen LogP contribution in [0.4, 0.5) is 0 Å². The lowest BCUT2D eigenvalue weighted by atomic mass is 10.3. The second-order valence-electron chi connectivity index (χ2n) is 1.66. The van der Waals surface area contributed by atoms with Crippen molar-refractivity contribution in [2.24, 2.45) is 0 Å². The number of carboxylic acid groups (broad SMARTS) is 1. The van der Waals surface area contributed by atoms with Crippen LogP contribution >= 0.6 is 0 Å². The summed E-state index contributed by atoms with van der Waals surface area (Å²) in [4.78, 5) is 19.1. The minimum absolute atomic E-state index is 0.0810. The molecule has 0 unspecified atom stereocenters. The summed E-state index contributed by atoms with van der Waals surface area (Å²) in [6, 6.07) is 0. The van der Waals surface area contributed by atoms with E-state index in [1.54, 1.807) is 6.08 Å². The number of rotatable bonds is 1. The van der Waals surface area contributed by atoms with Crippen LogP contribution in [0.3, 0.4) is 0 Å². The van der Waals surface area contributed by atoms with Crippen LogP contribution in [-0.4, -0.2) is 17.7 Å². The number of carboxylic acids is 1. The second-order valence-corrected chi connectivity index (χ2v) is 1.66. The molecular weight excluding hydrogens is 136 g/mol. The molecule has 0 saturated heterocycles. The van der Waals surface area contributed by atoms with Crippen molar-refractivity contribution in [2.45, 2.75) is 0 Å². The molecule has 0 spiro atoms. The van der Waals surface area contributed by atoms with E-state index in [-0.39, 0.29) is 12.2 Å². The van der Waals surface area contributed by atoms with Crippen molar-refractivity contribution in [3.8, 4) is 0 Å². The van der Waals surface area contributed by atoms with Crippen molar-refractivity contribution in [3.05, 3.63) is 24.0 Å². The topological polar surface area (TPSA) is 55.8 Å². The summed E-state index contributed by atoms with van der Waals surface area (Å²) >= 11 is 0. The average molecular weight is 142 g/mol. The molecule has 0 bridgehead atoms. The van der Waals surface area contributed by atoms with E-state index in [9.17, 15) is 4.79 Å². The highest BCUT2D eigenvalue weighted by Gasteiger charge is 2.04. The van der Waals surface area contributed by atoms with Crippen LogP contribution in [0.25, 0.3) is 0 Å². The zero-order valence-corrected chi connectivity index (χ0v) is 5.11. The monoisotopic (exact) mass is 142 g/mol. The van der Waals surface area contributed by atoms with Crippen molar-refractivity contribution in [3.63, 3.8) is 0 Å². The number of hydrogen-bond donors (Lipinski definition) is 1. The van der Waals surface area contributed by atoms with Gasteiger partial charge in [0, 0.05) is 0 Å². The van der Waals surface area contributed by atoms with Crippen LogP contribution in [-0.2, 0) is 14.6 Å². The third-order valence-corrected chi connectivity index (χ3v) is 0.952. The van der Waals surface area contributed by atoms with Gasteiger partial charge < -0.3 is 9.99 Å². The van der Waals surface area contributed by atoms with Gasteiger partial charge in [-0.15, -0.1) is 0 Å². The minimum atomic E-state index is -1.03. The molecule has 0 saturated carbocycles. The van der Waals surface area contributed by atoms with Gasteiger partial charge in [-0.2, -0.15) is 4.89 Å².